The van der Waals surface area contributed by atoms with Gasteiger partial charge in [-0.15, -0.1) is 0 Å². The van der Waals surface area contributed by atoms with Crippen LogP contribution in [-0.4, -0.2) is 71.6 Å². The first-order valence-electron chi connectivity index (χ1n) is 10.3. The van der Waals surface area contributed by atoms with Crippen LogP contribution in [0.3, 0.4) is 0 Å². The van der Waals surface area contributed by atoms with Crippen LogP contribution in [0.1, 0.15) is 25.7 Å². The number of aromatic nitrogens is 2. The van der Waals surface area contributed by atoms with Crippen LogP contribution in [0.5, 0.6) is 0 Å². The maximum atomic E-state index is 12.6. The maximum Gasteiger partial charge on any atom is 0.261 e. The summed E-state index contributed by atoms with van der Waals surface area (Å²) < 4.78 is 6.65. The van der Waals surface area contributed by atoms with Crippen LogP contribution >= 0.6 is 0 Å². The maximum absolute atomic E-state index is 12.6. The van der Waals surface area contributed by atoms with E-state index in [1.165, 1.54) is 0 Å². The Morgan fingerprint density at radius 3 is 2.64 bits per heavy atom. The molecule has 0 amide bonds. The van der Waals surface area contributed by atoms with Crippen LogP contribution in [-0.2, 0) is 11.3 Å². The first kappa shape index (κ1) is 19.4. The molecule has 28 heavy (non-hydrogen) atoms. The number of methoxy groups -OCH3 is 1. The highest BCUT2D eigenvalue weighted by Gasteiger charge is 2.33. The van der Waals surface area contributed by atoms with Crippen LogP contribution in [0.4, 0.5) is 5.69 Å². The fourth-order valence-electron chi connectivity index (χ4n) is 4.46. The summed E-state index contributed by atoms with van der Waals surface area (Å²) in [5.74, 6) is 0. The van der Waals surface area contributed by atoms with E-state index in [0.29, 0.717) is 18.5 Å². The molecule has 1 saturated heterocycles. The number of anilines is 1. The molecule has 1 N–H and O–H groups in total. The van der Waals surface area contributed by atoms with Gasteiger partial charge in [-0.3, -0.25) is 14.3 Å². The zero-order valence-corrected chi connectivity index (χ0v) is 16.6. The highest BCUT2D eigenvalue weighted by Crippen LogP contribution is 2.30. The van der Waals surface area contributed by atoms with E-state index < -0.39 is 5.60 Å². The molecular formula is C21H30N4O3. The van der Waals surface area contributed by atoms with Gasteiger partial charge in [0.1, 0.15) is 0 Å². The molecule has 1 saturated carbocycles. The van der Waals surface area contributed by atoms with Gasteiger partial charge in [0.2, 0.25) is 0 Å². The van der Waals surface area contributed by atoms with E-state index >= 15 is 0 Å². The molecule has 1 aromatic carbocycles. The van der Waals surface area contributed by atoms with Crippen molar-refractivity contribution in [1.82, 2.24) is 14.5 Å². The molecule has 1 aliphatic heterocycles. The van der Waals surface area contributed by atoms with Crippen molar-refractivity contribution in [3.63, 3.8) is 0 Å². The molecule has 2 aromatic rings. The molecule has 1 aromatic heterocycles. The van der Waals surface area contributed by atoms with Gasteiger partial charge in [0.25, 0.3) is 5.56 Å². The van der Waals surface area contributed by atoms with Gasteiger partial charge in [-0.25, -0.2) is 4.98 Å². The average Bonchev–Trinajstić information content (AvgIpc) is 3.14. The van der Waals surface area contributed by atoms with Crippen molar-refractivity contribution in [2.45, 2.75) is 37.8 Å². The van der Waals surface area contributed by atoms with Gasteiger partial charge in [0.05, 0.1) is 36.0 Å². The van der Waals surface area contributed by atoms with E-state index in [-0.39, 0.29) is 5.56 Å². The van der Waals surface area contributed by atoms with Crippen molar-refractivity contribution in [3.8, 4) is 0 Å². The zero-order chi connectivity index (χ0) is 19.6. The predicted molar refractivity (Wildman–Crippen MR) is 110 cm³/mol. The van der Waals surface area contributed by atoms with E-state index in [2.05, 4.69) is 14.8 Å². The molecule has 7 heteroatoms. The second-order valence-corrected chi connectivity index (χ2v) is 8.13. The van der Waals surface area contributed by atoms with Gasteiger partial charge in [0.15, 0.2) is 0 Å². The highest BCUT2D eigenvalue weighted by molar-refractivity contribution is 5.81. The van der Waals surface area contributed by atoms with Crippen LogP contribution in [0.2, 0.25) is 0 Å². The minimum absolute atomic E-state index is 0.0248. The summed E-state index contributed by atoms with van der Waals surface area (Å²) in [5.41, 5.74) is 1.34. The molecule has 0 unspecified atom stereocenters. The predicted octanol–water partition coefficient (Wildman–Crippen LogP) is 1.47. The topological polar surface area (TPSA) is 70.8 Å². The molecule has 2 fully saturated rings. The lowest BCUT2D eigenvalue weighted by Crippen LogP contribution is -2.51. The molecule has 0 atom stereocenters. The summed E-state index contributed by atoms with van der Waals surface area (Å²) in [6.45, 7) is 5.54. The number of fused-ring (bicyclic) bond motifs is 1. The smallest absolute Gasteiger partial charge is 0.261 e. The Morgan fingerprint density at radius 1 is 1.18 bits per heavy atom. The van der Waals surface area contributed by atoms with Crippen LogP contribution in [0.25, 0.3) is 10.9 Å². The lowest BCUT2D eigenvalue weighted by atomic mass is 10.0. The largest absolute Gasteiger partial charge is 0.389 e. The SMILES string of the molecule is COCCn1cnc2cc(N3CCN(CC4(O)CCCC4)CC3)ccc2c1=O. The zero-order valence-electron chi connectivity index (χ0n) is 16.6. The third-order valence-electron chi connectivity index (χ3n) is 6.13. The number of hydrogen-bond acceptors (Lipinski definition) is 6. The van der Waals surface area contributed by atoms with E-state index in [1.54, 1.807) is 18.0 Å². The monoisotopic (exact) mass is 386 g/mol. The third-order valence-corrected chi connectivity index (χ3v) is 6.13. The van der Waals surface area contributed by atoms with E-state index in [4.69, 9.17) is 4.74 Å². The summed E-state index contributed by atoms with van der Waals surface area (Å²) in [6.07, 6.45) is 5.77. The van der Waals surface area contributed by atoms with E-state index in [1.807, 2.05) is 18.2 Å². The molecule has 7 nitrogen and oxygen atoms in total. The van der Waals surface area contributed by atoms with Gasteiger partial charge in [-0.1, -0.05) is 12.8 Å². The third kappa shape index (κ3) is 4.06. The Bertz CT molecular complexity index is 868. The minimum atomic E-state index is -0.474. The van der Waals surface area contributed by atoms with Crippen molar-refractivity contribution in [1.29, 1.82) is 0 Å². The van der Waals surface area contributed by atoms with Crippen molar-refractivity contribution in [3.05, 3.63) is 34.9 Å². The fraction of sp³-hybridized carbons (Fsp3) is 0.619. The Labute approximate surface area is 165 Å². The van der Waals surface area contributed by atoms with E-state index in [0.717, 1.165) is 69.6 Å². The molecule has 0 spiro atoms. The first-order valence-corrected chi connectivity index (χ1v) is 10.3. The molecular weight excluding hydrogens is 356 g/mol. The number of β-amino-alcohol motifs (C(OH)–C–C–N with tert-alkyl or cyclic N) is 1. The minimum Gasteiger partial charge on any atom is -0.389 e. The second-order valence-electron chi connectivity index (χ2n) is 8.13. The lowest BCUT2D eigenvalue weighted by Gasteiger charge is -2.39. The number of benzene rings is 1. The molecule has 0 radical (unpaired) electrons. The summed E-state index contributed by atoms with van der Waals surface area (Å²) in [5, 5.41) is 11.3. The Morgan fingerprint density at radius 2 is 1.93 bits per heavy atom. The molecule has 0 bridgehead atoms. The van der Waals surface area contributed by atoms with Gasteiger partial charge >= 0.3 is 0 Å². The van der Waals surface area contributed by atoms with Gasteiger partial charge < -0.3 is 14.7 Å². The van der Waals surface area contributed by atoms with Crippen molar-refractivity contribution < 1.29 is 9.84 Å². The summed E-state index contributed by atoms with van der Waals surface area (Å²) in [6, 6.07) is 5.92. The molecule has 2 aliphatic rings. The second kappa shape index (κ2) is 8.19. The number of piperazine rings is 1. The Balaban J connectivity index is 1.43. The van der Waals surface area contributed by atoms with Gasteiger partial charge in [-0.2, -0.15) is 0 Å². The molecule has 1 aliphatic carbocycles. The number of hydrogen-bond donors (Lipinski definition) is 1. The molecule has 152 valence electrons. The average molecular weight is 386 g/mol. The van der Waals surface area contributed by atoms with E-state index in [9.17, 15) is 9.90 Å². The normalized spacial score (nSPS) is 20.1. The first-order chi connectivity index (χ1) is 13.6. The van der Waals surface area contributed by atoms with Gasteiger partial charge in [-0.05, 0) is 31.0 Å². The fourth-order valence-corrected chi connectivity index (χ4v) is 4.46. The number of ether oxygens (including phenoxy) is 1. The lowest BCUT2D eigenvalue weighted by molar-refractivity contribution is 0.00803. The number of rotatable bonds is 6. The highest BCUT2D eigenvalue weighted by atomic mass is 16.5. The van der Waals surface area contributed by atoms with Crippen molar-refractivity contribution >= 4 is 16.6 Å². The van der Waals surface area contributed by atoms with Crippen LogP contribution in [0, 0.1) is 0 Å². The van der Waals surface area contributed by atoms with Crippen LogP contribution in [0.15, 0.2) is 29.3 Å². The summed E-state index contributed by atoms with van der Waals surface area (Å²) in [4.78, 5) is 21.8. The Hall–Kier alpha value is -1.96. The Kier molecular flexibility index (Phi) is 5.66. The summed E-state index contributed by atoms with van der Waals surface area (Å²) >= 11 is 0. The summed E-state index contributed by atoms with van der Waals surface area (Å²) in [7, 11) is 1.62. The number of nitrogens with zero attached hydrogens (tertiary/aromatic N) is 4. The van der Waals surface area contributed by atoms with Crippen molar-refractivity contribution in [2.24, 2.45) is 0 Å². The molecule has 4 rings (SSSR count). The molecule has 2 heterocycles. The number of aliphatic hydroxyl groups is 1. The standard InChI is InChI=1S/C21H30N4O3/c1-28-13-12-25-16-22-19-14-17(4-5-18(19)20(25)26)24-10-8-23(9-11-24)15-21(27)6-2-3-7-21/h4-5,14,16,27H,2-3,6-13,15H2,1H3. The van der Waals surface area contributed by atoms with Crippen LogP contribution < -0.4 is 10.5 Å². The van der Waals surface area contributed by atoms with Crippen molar-refractivity contribution in [2.75, 3.05) is 51.3 Å². The quantitative estimate of drug-likeness (QED) is 0.811. The van der Waals surface area contributed by atoms with Gasteiger partial charge in [0, 0.05) is 45.5 Å².